The second-order valence-electron chi connectivity index (χ2n) is 6.69. The Morgan fingerprint density at radius 1 is 1.26 bits per heavy atom. The summed E-state index contributed by atoms with van der Waals surface area (Å²) in [5.41, 5.74) is 2.51. The standard InChI is InChI=1S/C20H27N5O2/c1-15-5-7-17(8-6-15)25-10-9-16(14-25)24-20(21-2)23-13-19(26)22-12-18-4-3-11-27-18/h3-8,11,16H,9-10,12-14H2,1-2H3,(H,22,26)(H2,21,23,24). The van der Waals surface area contributed by atoms with E-state index in [0.29, 0.717) is 18.5 Å². The molecule has 0 aliphatic carbocycles. The number of hydrogen-bond donors (Lipinski definition) is 3. The number of aliphatic imine (C=N–C) groups is 1. The normalized spacial score (nSPS) is 17.0. The number of hydrogen-bond acceptors (Lipinski definition) is 4. The van der Waals surface area contributed by atoms with Gasteiger partial charge in [0.05, 0.1) is 19.4 Å². The molecule has 1 atom stereocenters. The van der Waals surface area contributed by atoms with Gasteiger partial charge in [-0.2, -0.15) is 0 Å². The number of benzene rings is 1. The third kappa shape index (κ3) is 5.51. The largest absolute Gasteiger partial charge is 0.467 e. The van der Waals surface area contributed by atoms with Crippen LogP contribution < -0.4 is 20.9 Å². The van der Waals surface area contributed by atoms with Crippen molar-refractivity contribution in [3.8, 4) is 0 Å². The van der Waals surface area contributed by atoms with Crippen LogP contribution in [-0.4, -0.2) is 44.6 Å². The van der Waals surface area contributed by atoms with Crippen molar-refractivity contribution in [3.05, 3.63) is 54.0 Å². The van der Waals surface area contributed by atoms with E-state index in [0.717, 1.165) is 25.3 Å². The molecule has 3 rings (SSSR count). The minimum atomic E-state index is -0.109. The van der Waals surface area contributed by atoms with E-state index in [9.17, 15) is 4.79 Å². The van der Waals surface area contributed by atoms with Crippen molar-refractivity contribution in [3.63, 3.8) is 0 Å². The zero-order valence-corrected chi connectivity index (χ0v) is 15.9. The summed E-state index contributed by atoms with van der Waals surface area (Å²) in [4.78, 5) is 18.5. The maximum absolute atomic E-state index is 12.0. The van der Waals surface area contributed by atoms with Crippen molar-refractivity contribution < 1.29 is 9.21 Å². The highest BCUT2D eigenvalue weighted by atomic mass is 16.3. The number of nitrogens with one attached hydrogen (secondary N) is 3. The zero-order valence-electron chi connectivity index (χ0n) is 15.9. The zero-order chi connectivity index (χ0) is 19.1. The Morgan fingerprint density at radius 3 is 2.78 bits per heavy atom. The average molecular weight is 369 g/mol. The molecule has 0 radical (unpaired) electrons. The smallest absolute Gasteiger partial charge is 0.239 e. The lowest BCUT2D eigenvalue weighted by molar-refractivity contribution is -0.120. The highest BCUT2D eigenvalue weighted by Gasteiger charge is 2.23. The summed E-state index contributed by atoms with van der Waals surface area (Å²) in [6, 6.07) is 12.5. The lowest BCUT2D eigenvalue weighted by atomic mass is 10.2. The average Bonchev–Trinajstić information content (AvgIpc) is 3.36. The second kappa shape index (κ2) is 9.12. The highest BCUT2D eigenvalue weighted by Crippen LogP contribution is 2.20. The van der Waals surface area contributed by atoms with E-state index < -0.39 is 0 Å². The van der Waals surface area contributed by atoms with Crippen LogP contribution in [0, 0.1) is 6.92 Å². The minimum absolute atomic E-state index is 0.109. The van der Waals surface area contributed by atoms with Crippen LogP contribution in [0.25, 0.3) is 0 Å². The van der Waals surface area contributed by atoms with Gasteiger partial charge in [-0.05, 0) is 37.6 Å². The van der Waals surface area contributed by atoms with Gasteiger partial charge in [0.1, 0.15) is 5.76 Å². The quantitative estimate of drug-likeness (QED) is 0.533. The summed E-state index contributed by atoms with van der Waals surface area (Å²) in [6.07, 6.45) is 2.62. The van der Waals surface area contributed by atoms with E-state index >= 15 is 0 Å². The molecule has 27 heavy (non-hydrogen) atoms. The summed E-state index contributed by atoms with van der Waals surface area (Å²) in [5.74, 6) is 1.26. The van der Waals surface area contributed by atoms with Crippen molar-refractivity contribution in [2.24, 2.45) is 4.99 Å². The van der Waals surface area contributed by atoms with Gasteiger partial charge in [-0.1, -0.05) is 17.7 Å². The number of amides is 1. The molecule has 2 heterocycles. The Kier molecular flexibility index (Phi) is 6.35. The molecule has 0 spiro atoms. The van der Waals surface area contributed by atoms with Crippen LogP contribution in [0.4, 0.5) is 5.69 Å². The van der Waals surface area contributed by atoms with E-state index in [-0.39, 0.29) is 12.5 Å². The fourth-order valence-corrected chi connectivity index (χ4v) is 3.08. The maximum Gasteiger partial charge on any atom is 0.239 e. The lowest BCUT2D eigenvalue weighted by Gasteiger charge is -2.20. The summed E-state index contributed by atoms with van der Waals surface area (Å²) in [5, 5.41) is 9.27. The molecule has 1 saturated heterocycles. The topological polar surface area (TPSA) is 81.9 Å². The van der Waals surface area contributed by atoms with Gasteiger partial charge in [0.2, 0.25) is 5.91 Å². The molecule has 1 amide bonds. The minimum Gasteiger partial charge on any atom is -0.467 e. The van der Waals surface area contributed by atoms with Crippen LogP contribution in [0.3, 0.4) is 0 Å². The van der Waals surface area contributed by atoms with Gasteiger partial charge in [-0.3, -0.25) is 9.79 Å². The Labute approximate surface area is 159 Å². The van der Waals surface area contributed by atoms with Crippen LogP contribution in [-0.2, 0) is 11.3 Å². The lowest BCUT2D eigenvalue weighted by Crippen LogP contribution is -2.47. The molecule has 1 unspecified atom stereocenters. The molecule has 7 heteroatoms. The predicted molar refractivity (Wildman–Crippen MR) is 107 cm³/mol. The SMILES string of the molecule is CN=C(NCC(=O)NCc1ccco1)NC1CCN(c2ccc(C)cc2)C1. The highest BCUT2D eigenvalue weighted by molar-refractivity contribution is 5.86. The first-order valence-electron chi connectivity index (χ1n) is 9.22. The van der Waals surface area contributed by atoms with E-state index in [1.54, 1.807) is 19.4 Å². The molecule has 0 saturated carbocycles. The summed E-state index contributed by atoms with van der Waals surface area (Å²) in [7, 11) is 1.71. The summed E-state index contributed by atoms with van der Waals surface area (Å²) >= 11 is 0. The van der Waals surface area contributed by atoms with Crippen molar-refractivity contribution in [1.29, 1.82) is 0 Å². The molecule has 1 fully saturated rings. The number of anilines is 1. The monoisotopic (exact) mass is 369 g/mol. The maximum atomic E-state index is 12.0. The second-order valence-corrected chi connectivity index (χ2v) is 6.69. The van der Waals surface area contributed by atoms with Gasteiger partial charge in [-0.15, -0.1) is 0 Å². The van der Waals surface area contributed by atoms with Gasteiger partial charge in [0, 0.05) is 31.9 Å². The molecule has 1 aliphatic heterocycles. The van der Waals surface area contributed by atoms with Crippen LogP contribution >= 0.6 is 0 Å². The molecule has 144 valence electrons. The van der Waals surface area contributed by atoms with Gasteiger partial charge in [0.15, 0.2) is 5.96 Å². The third-order valence-electron chi connectivity index (χ3n) is 4.61. The Hall–Kier alpha value is -2.96. The molecule has 1 aliphatic rings. The molecular weight excluding hydrogens is 342 g/mol. The van der Waals surface area contributed by atoms with Crippen LogP contribution in [0.1, 0.15) is 17.7 Å². The summed E-state index contributed by atoms with van der Waals surface area (Å²) < 4.78 is 5.20. The molecule has 2 aromatic rings. The van der Waals surface area contributed by atoms with Crippen LogP contribution in [0.5, 0.6) is 0 Å². The Balaban J connectivity index is 1.41. The van der Waals surface area contributed by atoms with Crippen molar-refractivity contribution >= 4 is 17.6 Å². The van der Waals surface area contributed by atoms with Gasteiger partial charge in [-0.25, -0.2) is 0 Å². The number of carbonyl (C=O) groups is 1. The summed E-state index contributed by atoms with van der Waals surface area (Å²) in [6.45, 7) is 4.55. The van der Waals surface area contributed by atoms with Crippen molar-refractivity contribution in [2.75, 3.05) is 31.6 Å². The predicted octanol–water partition coefficient (Wildman–Crippen LogP) is 1.65. The number of nitrogens with zero attached hydrogens (tertiary/aromatic N) is 2. The van der Waals surface area contributed by atoms with E-state index in [2.05, 4.69) is 57.0 Å². The van der Waals surface area contributed by atoms with Gasteiger partial charge >= 0.3 is 0 Å². The molecule has 3 N–H and O–H groups in total. The van der Waals surface area contributed by atoms with E-state index in [4.69, 9.17) is 4.42 Å². The molecule has 0 bridgehead atoms. The number of aryl methyl sites for hydroxylation is 1. The molecular formula is C20H27N5O2. The molecule has 1 aromatic carbocycles. The van der Waals surface area contributed by atoms with E-state index in [1.165, 1.54) is 11.3 Å². The van der Waals surface area contributed by atoms with E-state index in [1.807, 2.05) is 6.07 Å². The number of guanidine groups is 1. The first-order valence-corrected chi connectivity index (χ1v) is 9.22. The van der Waals surface area contributed by atoms with Crippen molar-refractivity contribution in [2.45, 2.75) is 25.9 Å². The van der Waals surface area contributed by atoms with Crippen LogP contribution in [0.2, 0.25) is 0 Å². The van der Waals surface area contributed by atoms with Crippen molar-refractivity contribution in [1.82, 2.24) is 16.0 Å². The molecule has 7 nitrogen and oxygen atoms in total. The number of carbonyl (C=O) groups excluding carboxylic acids is 1. The number of rotatable bonds is 6. The third-order valence-corrected chi connectivity index (χ3v) is 4.61. The number of furan rings is 1. The fourth-order valence-electron chi connectivity index (χ4n) is 3.08. The Morgan fingerprint density at radius 2 is 2.07 bits per heavy atom. The Bertz CT molecular complexity index is 755. The fraction of sp³-hybridized carbons (Fsp3) is 0.400. The molecule has 1 aromatic heterocycles. The van der Waals surface area contributed by atoms with Gasteiger partial charge in [0.25, 0.3) is 0 Å². The van der Waals surface area contributed by atoms with Crippen LogP contribution in [0.15, 0.2) is 52.1 Å². The van der Waals surface area contributed by atoms with Gasteiger partial charge < -0.3 is 25.3 Å². The first kappa shape index (κ1) is 18.8. The first-order chi connectivity index (χ1) is 13.1.